The zero-order valence-electron chi connectivity index (χ0n) is 11.0. The number of nitrogen functional groups attached to an aromatic ring is 1. The number of halogens is 1. The van der Waals surface area contributed by atoms with E-state index >= 15 is 0 Å². The first-order valence-electron chi connectivity index (χ1n) is 6.20. The van der Waals surface area contributed by atoms with E-state index in [-0.39, 0.29) is 11.6 Å². The second-order valence-electron chi connectivity index (χ2n) is 4.12. The highest BCUT2D eigenvalue weighted by Crippen LogP contribution is 2.27. The van der Waals surface area contributed by atoms with Crippen molar-refractivity contribution >= 4 is 29.0 Å². The molecule has 3 N–H and O–H groups in total. The first kappa shape index (κ1) is 14.4. The van der Waals surface area contributed by atoms with E-state index in [1.165, 1.54) is 18.2 Å². The van der Waals surface area contributed by atoms with Crippen LogP contribution in [0.1, 0.15) is 17.3 Å². The normalized spacial score (nSPS) is 10.3. The molecule has 0 saturated carbocycles. The van der Waals surface area contributed by atoms with Gasteiger partial charge in [0.25, 0.3) is 5.91 Å². The average Bonchev–Trinajstić information content (AvgIpc) is 2.44. The molecule has 0 aromatic heterocycles. The summed E-state index contributed by atoms with van der Waals surface area (Å²) in [7, 11) is 0. The number of carbonyl (C=O) groups is 1. The molecule has 0 fully saturated rings. The molecular weight excluding hydrogens is 275 g/mol. The molecule has 0 aliphatic carbocycles. The molecule has 2 aromatic carbocycles. The molecule has 0 radical (unpaired) electrons. The number of hydrogen-bond acceptors (Lipinski definition) is 3. The van der Waals surface area contributed by atoms with Crippen molar-refractivity contribution in [2.75, 3.05) is 16.8 Å². The zero-order valence-corrected chi connectivity index (χ0v) is 11.8. The summed E-state index contributed by atoms with van der Waals surface area (Å²) in [5.74, 6) is 0.0838. The first-order chi connectivity index (χ1) is 9.61. The summed E-state index contributed by atoms with van der Waals surface area (Å²) in [6.45, 7) is 2.05. The van der Waals surface area contributed by atoms with Crippen LogP contribution in [0.4, 0.5) is 15.8 Å². The molecule has 0 heterocycles. The smallest absolute Gasteiger partial charge is 0.255 e. The summed E-state index contributed by atoms with van der Waals surface area (Å²) in [5, 5.41) is 2.82. The number of para-hydroxylation sites is 1. The van der Waals surface area contributed by atoms with E-state index in [4.69, 9.17) is 5.73 Å². The number of carbonyl (C=O) groups excluding carboxylic acids is 1. The predicted molar refractivity (Wildman–Crippen MR) is 81.6 cm³/mol. The van der Waals surface area contributed by atoms with Gasteiger partial charge in [-0.1, -0.05) is 19.1 Å². The van der Waals surface area contributed by atoms with E-state index in [0.717, 1.165) is 16.3 Å². The number of benzene rings is 2. The van der Waals surface area contributed by atoms with Gasteiger partial charge in [0.2, 0.25) is 0 Å². The molecule has 5 heteroatoms. The molecule has 0 atom stereocenters. The third-order valence-corrected chi connectivity index (χ3v) is 3.65. The van der Waals surface area contributed by atoms with E-state index < -0.39 is 5.82 Å². The quantitative estimate of drug-likeness (QED) is 0.665. The van der Waals surface area contributed by atoms with Crippen molar-refractivity contribution in [1.82, 2.24) is 0 Å². The van der Waals surface area contributed by atoms with Crippen molar-refractivity contribution in [2.24, 2.45) is 0 Å². The summed E-state index contributed by atoms with van der Waals surface area (Å²) in [4.78, 5) is 13.1. The Morgan fingerprint density at radius 3 is 2.75 bits per heavy atom. The molecule has 2 rings (SSSR count). The number of amides is 1. The van der Waals surface area contributed by atoms with E-state index in [1.807, 2.05) is 31.2 Å². The van der Waals surface area contributed by atoms with Gasteiger partial charge in [0, 0.05) is 10.5 Å². The van der Waals surface area contributed by atoms with Crippen molar-refractivity contribution in [3.05, 3.63) is 53.8 Å². The molecule has 2 aromatic rings. The molecule has 104 valence electrons. The molecule has 20 heavy (non-hydrogen) atoms. The van der Waals surface area contributed by atoms with Crippen LogP contribution in [0.2, 0.25) is 0 Å². The summed E-state index contributed by atoms with van der Waals surface area (Å²) in [6.07, 6.45) is 0. The van der Waals surface area contributed by atoms with Gasteiger partial charge in [0.05, 0.1) is 11.4 Å². The number of hydrogen-bond donors (Lipinski definition) is 2. The van der Waals surface area contributed by atoms with Crippen LogP contribution in [-0.4, -0.2) is 11.7 Å². The fraction of sp³-hybridized carbons (Fsp3) is 0.133. The van der Waals surface area contributed by atoms with E-state index in [2.05, 4.69) is 5.32 Å². The second-order valence-corrected chi connectivity index (χ2v) is 5.43. The summed E-state index contributed by atoms with van der Waals surface area (Å²) in [6, 6.07) is 11.5. The Hall–Kier alpha value is -2.01. The monoisotopic (exact) mass is 290 g/mol. The van der Waals surface area contributed by atoms with Gasteiger partial charge in [0.15, 0.2) is 0 Å². The van der Waals surface area contributed by atoms with Gasteiger partial charge in [0.1, 0.15) is 5.82 Å². The second kappa shape index (κ2) is 6.43. The van der Waals surface area contributed by atoms with Crippen LogP contribution in [0, 0.1) is 5.82 Å². The minimum Gasteiger partial charge on any atom is -0.396 e. The van der Waals surface area contributed by atoms with Gasteiger partial charge >= 0.3 is 0 Å². The van der Waals surface area contributed by atoms with E-state index in [1.54, 1.807) is 11.8 Å². The number of thioether (sulfide) groups is 1. The highest BCUT2D eigenvalue weighted by Gasteiger charge is 2.10. The van der Waals surface area contributed by atoms with Crippen LogP contribution < -0.4 is 11.1 Å². The SMILES string of the molecule is CCSc1ccccc1NC(=O)c1ccc(F)c(N)c1. The fourth-order valence-corrected chi connectivity index (χ4v) is 2.49. The molecule has 0 aliphatic rings. The number of rotatable bonds is 4. The average molecular weight is 290 g/mol. The minimum atomic E-state index is -0.525. The van der Waals surface area contributed by atoms with E-state index in [9.17, 15) is 9.18 Å². The summed E-state index contributed by atoms with van der Waals surface area (Å²) >= 11 is 1.65. The number of anilines is 2. The maximum Gasteiger partial charge on any atom is 0.255 e. The lowest BCUT2D eigenvalue weighted by molar-refractivity contribution is 0.102. The van der Waals surface area contributed by atoms with Gasteiger partial charge in [-0.25, -0.2) is 4.39 Å². The Kier molecular flexibility index (Phi) is 4.63. The van der Waals surface area contributed by atoms with Gasteiger partial charge < -0.3 is 11.1 Å². The number of nitrogens with one attached hydrogen (secondary N) is 1. The molecule has 0 aliphatic heterocycles. The maximum absolute atomic E-state index is 13.1. The molecule has 0 bridgehead atoms. The first-order valence-corrected chi connectivity index (χ1v) is 7.18. The lowest BCUT2D eigenvalue weighted by atomic mass is 10.2. The van der Waals surface area contributed by atoms with Crippen LogP contribution in [0.15, 0.2) is 47.4 Å². The lowest BCUT2D eigenvalue weighted by Gasteiger charge is -2.10. The lowest BCUT2D eigenvalue weighted by Crippen LogP contribution is -2.13. The van der Waals surface area contributed by atoms with Crippen molar-refractivity contribution < 1.29 is 9.18 Å². The van der Waals surface area contributed by atoms with Crippen LogP contribution in [0.5, 0.6) is 0 Å². The Labute approximate surface area is 121 Å². The van der Waals surface area contributed by atoms with Crippen molar-refractivity contribution in [3.8, 4) is 0 Å². The van der Waals surface area contributed by atoms with Crippen molar-refractivity contribution in [3.63, 3.8) is 0 Å². The van der Waals surface area contributed by atoms with Gasteiger partial charge in [-0.05, 0) is 36.1 Å². The van der Waals surface area contributed by atoms with Crippen LogP contribution in [0.3, 0.4) is 0 Å². The van der Waals surface area contributed by atoms with Crippen molar-refractivity contribution in [1.29, 1.82) is 0 Å². The Balaban J connectivity index is 2.21. The topological polar surface area (TPSA) is 55.1 Å². The van der Waals surface area contributed by atoms with Gasteiger partial charge in [-0.2, -0.15) is 0 Å². The van der Waals surface area contributed by atoms with Crippen LogP contribution in [0.25, 0.3) is 0 Å². The third kappa shape index (κ3) is 3.30. The summed E-state index contributed by atoms with van der Waals surface area (Å²) < 4.78 is 13.1. The molecule has 0 saturated heterocycles. The highest BCUT2D eigenvalue weighted by molar-refractivity contribution is 7.99. The van der Waals surface area contributed by atoms with Crippen LogP contribution >= 0.6 is 11.8 Å². The van der Waals surface area contributed by atoms with E-state index in [0.29, 0.717) is 5.56 Å². The molecular formula is C15H15FN2OS. The standard InChI is InChI=1S/C15H15FN2OS/c1-2-20-14-6-4-3-5-13(14)18-15(19)10-7-8-11(16)12(17)9-10/h3-9H,2,17H2,1H3,(H,18,19). The maximum atomic E-state index is 13.1. The van der Waals surface area contributed by atoms with Gasteiger partial charge in [-0.3, -0.25) is 4.79 Å². The Morgan fingerprint density at radius 2 is 2.05 bits per heavy atom. The van der Waals surface area contributed by atoms with Gasteiger partial charge in [-0.15, -0.1) is 11.8 Å². The Morgan fingerprint density at radius 1 is 1.30 bits per heavy atom. The van der Waals surface area contributed by atoms with Crippen molar-refractivity contribution in [2.45, 2.75) is 11.8 Å². The number of nitrogens with two attached hydrogens (primary N) is 1. The third-order valence-electron chi connectivity index (χ3n) is 2.69. The zero-order chi connectivity index (χ0) is 14.5. The molecule has 0 unspecified atom stereocenters. The molecule has 3 nitrogen and oxygen atoms in total. The molecule has 1 amide bonds. The fourth-order valence-electron chi connectivity index (χ4n) is 1.73. The highest BCUT2D eigenvalue weighted by atomic mass is 32.2. The summed E-state index contributed by atoms with van der Waals surface area (Å²) in [5.41, 5.74) is 6.51. The molecule has 0 spiro atoms. The predicted octanol–water partition coefficient (Wildman–Crippen LogP) is 3.77. The van der Waals surface area contributed by atoms with Crippen LogP contribution in [-0.2, 0) is 0 Å². The largest absolute Gasteiger partial charge is 0.396 e. The Bertz CT molecular complexity index is 631. The minimum absolute atomic E-state index is 0.0335.